The molecular weight excluding hydrogens is 228 g/mol. The normalized spacial score (nSPS) is 59.2. The number of fused-ring (bicyclic) bond motifs is 3. The zero-order chi connectivity index (χ0) is 13.3. The number of hydrogen-bond donors (Lipinski definition) is 2. The Balaban J connectivity index is 1.92. The lowest BCUT2D eigenvalue weighted by atomic mass is 9.51. The molecule has 1 saturated heterocycles. The largest absolute Gasteiger partial charge is 0.390 e. The lowest BCUT2D eigenvalue weighted by Gasteiger charge is -2.54. The van der Waals surface area contributed by atoms with Crippen LogP contribution in [-0.4, -0.2) is 27.7 Å². The van der Waals surface area contributed by atoms with Crippen LogP contribution in [0, 0.1) is 23.2 Å². The molecule has 2 saturated carbocycles. The van der Waals surface area contributed by atoms with Crippen molar-refractivity contribution in [2.75, 3.05) is 0 Å². The van der Waals surface area contributed by atoms with Crippen LogP contribution in [0.25, 0.3) is 0 Å². The van der Waals surface area contributed by atoms with Gasteiger partial charge in [0.05, 0.1) is 5.60 Å². The summed E-state index contributed by atoms with van der Waals surface area (Å²) in [5.74, 6) is 0.503. The SMILES string of the molecule is CC(C)[C@@H]1CC[C@]2(C)[C@@H](C1)[C@](C)(O)CC1O[C@]12O. The quantitative estimate of drug-likeness (QED) is 0.706. The van der Waals surface area contributed by atoms with E-state index in [9.17, 15) is 10.2 Å². The van der Waals surface area contributed by atoms with Crippen LogP contribution in [0.4, 0.5) is 0 Å². The minimum Gasteiger partial charge on any atom is -0.390 e. The van der Waals surface area contributed by atoms with Crippen molar-refractivity contribution < 1.29 is 14.9 Å². The van der Waals surface area contributed by atoms with Crippen LogP contribution < -0.4 is 0 Å². The van der Waals surface area contributed by atoms with E-state index in [2.05, 4.69) is 20.8 Å². The zero-order valence-electron chi connectivity index (χ0n) is 11.9. The van der Waals surface area contributed by atoms with E-state index in [1.54, 1.807) is 0 Å². The van der Waals surface area contributed by atoms with Gasteiger partial charge in [0.25, 0.3) is 0 Å². The fourth-order valence-corrected chi connectivity index (χ4v) is 4.70. The summed E-state index contributed by atoms with van der Waals surface area (Å²) in [6.45, 7) is 8.56. The van der Waals surface area contributed by atoms with Gasteiger partial charge in [-0.15, -0.1) is 0 Å². The summed E-state index contributed by atoms with van der Waals surface area (Å²) in [5, 5.41) is 21.4. The average molecular weight is 254 g/mol. The second-order valence-corrected chi connectivity index (χ2v) is 7.61. The summed E-state index contributed by atoms with van der Waals surface area (Å²) in [7, 11) is 0. The molecule has 3 rings (SSSR count). The van der Waals surface area contributed by atoms with E-state index in [0.717, 1.165) is 19.3 Å². The molecule has 0 aromatic rings. The summed E-state index contributed by atoms with van der Waals surface area (Å²) in [6, 6.07) is 0. The van der Waals surface area contributed by atoms with Crippen LogP contribution in [0.2, 0.25) is 0 Å². The predicted octanol–water partition coefficient (Wildman–Crippen LogP) is 2.31. The number of ether oxygens (including phenoxy) is 1. The van der Waals surface area contributed by atoms with Crippen LogP contribution in [-0.2, 0) is 4.74 Å². The van der Waals surface area contributed by atoms with E-state index in [1.165, 1.54) is 0 Å². The van der Waals surface area contributed by atoms with E-state index in [-0.39, 0.29) is 17.4 Å². The van der Waals surface area contributed by atoms with Crippen molar-refractivity contribution >= 4 is 0 Å². The molecule has 3 nitrogen and oxygen atoms in total. The van der Waals surface area contributed by atoms with Crippen molar-refractivity contribution in [2.45, 2.75) is 70.9 Å². The molecule has 104 valence electrons. The van der Waals surface area contributed by atoms with E-state index in [1.807, 2.05) is 6.92 Å². The highest BCUT2D eigenvalue weighted by Gasteiger charge is 2.75. The molecule has 0 bridgehead atoms. The third kappa shape index (κ3) is 1.47. The van der Waals surface area contributed by atoms with Gasteiger partial charge in [0.15, 0.2) is 5.79 Å². The lowest BCUT2D eigenvalue weighted by Crippen LogP contribution is -2.59. The minimum atomic E-state index is -0.956. The Kier molecular flexibility index (Phi) is 2.51. The molecule has 1 heterocycles. The second kappa shape index (κ2) is 3.50. The van der Waals surface area contributed by atoms with E-state index >= 15 is 0 Å². The summed E-state index contributed by atoms with van der Waals surface area (Å²) in [6.07, 6.45) is 3.54. The van der Waals surface area contributed by atoms with E-state index < -0.39 is 11.4 Å². The van der Waals surface area contributed by atoms with Gasteiger partial charge in [-0.25, -0.2) is 0 Å². The Labute approximate surface area is 110 Å². The molecule has 3 aliphatic rings. The predicted molar refractivity (Wildman–Crippen MR) is 68.8 cm³/mol. The molecule has 2 aliphatic carbocycles. The van der Waals surface area contributed by atoms with Gasteiger partial charge in [-0.2, -0.15) is 0 Å². The molecule has 0 aromatic heterocycles. The first-order valence-electron chi connectivity index (χ1n) is 7.33. The first kappa shape index (κ1) is 12.9. The second-order valence-electron chi connectivity index (χ2n) is 7.61. The molecule has 3 heteroatoms. The maximum atomic E-state index is 10.8. The molecule has 1 aliphatic heterocycles. The van der Waals surface area contributed by atoms with Crippen molar-refractivity contribution in [3.8, 4) is 0 Å². The summed E-state index contributed by atoms with van der Waals surface area (Å²) < 4.78 is 5.56. The fraction of sp³-hybridized carbons (Fsp3) is 1.00. The molecule has 3 fully saturated rings. The van der Waals surface area contributed by atoms with Gasteiger partial charge in [-0.3, -0.25) is 0 Å². The Morgan fingerprint density at radius 1 is 1.22 bits per heavy atom. The minimum absolute atomic E-state index is 0.148. The Morgan fingerprint density at radius 2 is 1.89 bits per heavy atom. The van der Waals surface area contributed by atoms with Crippen molar-refractivity contribution in [1.29, 1.82) is 0 Å². The van der Waals surface area contributed by atoms with Crippen LogP contribution >= 0.6 is 0 Å². The van der Waals surface area contributed by atoms with Gasteiger partial charge in [0, 0.05) is 11.8 Å². The zero-order valence-corrected chi connectivity index (χ0v) is 11.9. The number of hydrogen-bond acceptors (Lipinski definition) is 3. The molecule has 0 radical (unpaired) electrons. The van der Waals surface area contributed by atoms with Crippen LogP contribution in [0.15, 0.2) is 0 Å². The molecular formula is C15H26O3. The fourth-order valence-electron chi connectivity index (χ4n) is 4.70. The molecule has 1 unspecified atom stereocenters. The Morgan fingerprint density at radius 3 is 2.50 bits per heavy atom. The lowest BCUT2D eigenvalue weighted by molar-refractivity contribution is -0.194. The van der Waals surface area contributed by atoms with Crippen LogP contribution in [0.1, 0.15) is 53.4 Å². The summed E-state index contributed by atoms with van der Waals surface area (Å²) in [4.78, 5) is 0. The number of aliphatic hydroxyl groups is 2. The topological polar surface area (TPSA) is 53.0 Å². The standard InChI is InChI=1S/C15H26O3/c1-9(2)10-5-6-13(3)11(7-10)14(4,16)8-12-15(13,17)18-12/h9-12,16-17H,5-8H2,1-4H3/t10-,11-,12?,13-,14-,15-/m1/s1. The third-order valence-electron chi connectivity index (χ3n) is 6.15. The van der Waals surface area contributed by atoms with Crippen LogP contribution in [0.5, 0.6) is 0 Å². The van der Waals surface area contributed by atoms with E-state index in [4.69, 9.17) is 4.74 Å². The number of epoxide rings is 1. The summed E-state index contributed by atoms with van der Waals surface area (Å²) >= 11 is 0. The Hall–Kier alpha value is -0.120. The highest BCUT2D eigenvalue weighted by molar-refractivity contribution is 5.18. The average Bonchev–Trinajstić information content (AvgIpc) is 2.89. The Bertz CT molecular complexity index is 365. The highest BCUT2D eigenvalue weighted by atomic mass is 16.7. The van der Waals surface area contributed by atoms with Gasteiger partial charge in [0.1, 0.15) is 6.10 Å². The first-order valence-corrected chi connectivity index (χ1v) is 7.33. The first-order chi connectivity index (χ1) is 8.21. The van der Waals surface area contributed by atoms with Crippen molar-refractivity contribution in [2.24, 2.45) is 23.2 Å². The van der Waals surface area contributed by atoms with Gasteiger partial charge < -0.3 is 14.9 Å². The van der Waals surface area contributed by atoms with Crippen LogP contribution in [0.3, 0.4) is 0 Å². The van der Waals surface area contributed by atoms with Crippen molar-refractivity contribution in [1.82, 2.24) is 0 Å². The molecule has 0 spiro atoms. The summed E-state index contributed by atoms with van der Waals surface area (Å²) in [5.41, 5.74) is -0.972. The van der Waals surface area contributed by atoms with Gasteiger partial charge in [-0.05, 0) is 43.9 Å². The maximum absolute atomic E-state index is 10.8. The molecule has 6 atom stereocenters. The monoisotopic (exact) mass is 254 g/mol. The molecule has 0 amide bonds. The number of rotatable bonds is 1. The van der Waals surface area contributed by atoms with Crippen molar-refractivity contribution in [3.05, 3.63) is 0 Å². The van der Waals surface area contributed by atoms with E-state index in [0.29, 0.717) is 18.3 Å². The molecule has 2 N–H and O–H groups in total. The van der Waals surface area contributed by atoms with Gasteiger partial charge >= 0.3 is 0 Å². The maximum Gasteiger partial charge on any atom is 0.198 e. The van der Waals surface area contributed by atoms with Gasteiger partial charge in [-0.1, -0.05) is 20.8 Å². The molecule has 0 aromatic carbocycles. The molecule has 18 heavy (non-hydrogen) atoms. The smallest absolute Gasteiger partial charge is 0.198 e. The highest BCUT2D eigenvalue weighted by Crippen LogP contribution is 2.67. The third-order valence-corrected chi connectivity index (χ3v) is 6.15. The van der Waals surface area contributed by atoms with Crippen molar-refractivity contribution in [3.63, 3.8) is 0 Å². The van der Waals surface area contributed by atoms with Gasteiger partial charge in [0.2, 0.25) is 0 Å².